The maximum Gasteiger partial charge on any atom is 0.266 e. The molecule has 4 heterocycles. The maximum atomic E-state index is 12.2. The number of fused-ring (bicyclic) bond motifs is 3. The Hall–Kier alpha value is -2.64. The molecule has 7 nitrogen and oxygen atoms in total. The Kier molecular flexibility index (Phi) is 4.90. The average Bonchev–Trinajstić information content (AvgIpc) is 3.18. The molecule has 2 aliphatic heterocycles. The quantitative estimate of drug-likeness (QED) is 0.661. The van der Waals surface area contributed by atoms with Crippen LogP contribution in [-0.4, -0.2) is 49.6 Å². The van der Waals surface area contributed by atoms with E-state index in [1.54, 1.807) is 13.2 Å². The first-order chi connectivity index (χ1) is 14.8. The van der Waals surface area contributed by atoms with E-state index in [4.69, 9.17) is 4.74 Å². The van der Waals surface area contributed by atoms with E-state index in [-0.39, 0.29) is 12.1 Å². The van der Waals surface area contributed by atoms with E-state index in [9.17, 15) is 9.90 Å². The number of hydrogen-bond acceptors (Lipinski definition) is 5. The van der Waals surface area contributed by atoms with Gasteiger partial charge in [-0.3, -0.25) is 9.69 Å². The van der Waals surface area contributed by atoms with E-state index in [2.05, 4.69) is 34.0 Å². The second-order valence-electron chi connectivity index (χ2n) is 9.30. The summed E-state index contributed by atoms with van der Waals surface area (Å²) < 4.78 is 6.82. The average molecular weight is 423 g/mol. The summed E-state index contributed by atoms with van der Waals surface area (Å²) in [5.41, 5.74) is 3.34. The Morgan fingerprint density at radius 1 is 1.19 bits per heavy atom. The Bertz CT molecular complexity index is 1170. The van der Waals surface area contributed by atoms with Gasteiger partial charge in [0, 0.05) is 41.3 Å². The molecule has 0 saturated carbocycles. The first-order valence-electron chi connectivity index (χ1n) is 11.0. The first-order valence-corrected chi connectivity index (χ1v) is 11.0. The van der Waals surface area contributed by atoms with Gasteiger partial charge in [-0.15, -0.1) is 0 Å². The second kappa shape index (κ2) is 7.50. The van der Waals surface area contributed by atoms with Crippen molar-refractivity contribution >= 4 is 10.9 Å². The van der Waals surface area contributed by atoms with Crippen molar-refractivity contribution in [3.63, 3.8) is 0 Å². The first kappa shape index (κ1) is 20.3. The molecule has 0 radical (unpaired) electrons. The summed E-state index contributed by atoms with van der Waals surface area (Å²) in [6.07, 6.45) is 3.49. The molecule has 2 aromatic heterocycles. The number of nitrogens with one attached hydrogen (secondary N) is 1. The van der Waals surface area contributed by atoms with Gasteiger partial charge in [0.25, 0.3) is 5.56 Å². The number of aromatic nitrogens is 3. The van der Waals surface area contributed by atoms with E-state index in [0.29, 0.717) is 24.9 Å². The van der Waals surface area contributed by atoms with Crippen LogP contribution in [-0.2, 0) is 13.1 Å². The molecular formula is C24H30N4O3. The van der Waals surface area contributed by atoms with E-state index < -0.39 is 5.60 Å². The molecule has 31 heavy (non-hydrogen) atoms. The van der Waals surface area contributed by atoms with Gasteiger partial charge >= 0.3 is 0 Å². The zero-order chi connectivity index (χ0) is 21.8. The molecule has 2 bridgehead atoms. The minimum atomic E-state index is -0.893. The van der Waals surface area contributed by atoms with Crippen LogP contribution >= 0.6 is 0 Å². The normalized spacial score (nSPS) is 25.9. The lowest BCUT2D eigenvalue weighted by Gasteiger charge is -2.43. The monoisotopic (exact) mass is 422 g/mol. The summed E-state index contributed by atoms with van der Waals surface area (Å²) in [5.74, 6) is 0.865. The molecule has 7 heteroatoms. The lowest BCUT2D eigenvalue weighted by molar-refractivity contribution is -0.0680. The van der Waals surface area contributed by atoms with E-state index in [1.807, 2.05) is 13.0 Å². The summed E-state index contributed by atoms with van der Waals surface area (Å²) in [7, 11) is 1.69. The van der Waals surface area contributed by atoms with Gasteiger partial charge < -0.3 is 14.8 Å². The van der Waals surface area contributed by atoms with Crippen LogP contribution in [0, 0.1) is 13.8 Å². The summed E-state index contributed by atoms with van der Waals surface area (Å²) in [4.78, 5) is 18.3. The van der Waals surface area contributed by atoms with Gasteiger partial charge in [-0.2, -0.15) is 5.10 Å². The third-order valence-corrected chi connectivity index (χ3v) is 7.16. The third-order valence-electron chi connectivity index (χ3n) is 7.16. The highest BCUT2D eigenvalue weighted by Crippen LogP contribution is 2.42. The molecule has 2 saturated heterocycles. The number of hydrogen-bond donors (Lipinski definition) is 2. The zero-order valence-corrected chi connectivity index (χ0v) is 18.4. The van der Waals surface area contributed by atoms with E-state index in [0.717, 1.165) is 36.3 Å². The van der Waals surface area contributed by atoms with Crippen molar-refractivity contribution in [2.45, 2.75) is 70.3 Å². The summed E-state index contributed by atoms with van der Waals surface area (Å²) in [5, 5.41) is 16.9. The Morgan fingerprint density at radius 3 is 2.65 bits per heavy atom. The lowest BCUT2D eigenvalue weighted by atomic mass is 9.85. The smallest absolute Gasteiger partial charge is 0.266 e. The molecule has 0 amide bonds. The molecule has 3 atom stereocenters. The van der Waals surface area contributed by atoms with E-state index in [1.165, 1.54) is 27.4 Å². The predicted octanol–water partition coefficient (Wildman–Crippen LogP) is 2.91. The Labute approximate surface area is 181 Å². The highest BCUT2D eigenvalue weighted by Gasteiger charge is 2.48. The van der Waals surface area contributed by atoms with Gasteiger partial charge in [0.2, 0.25) is 0 Å². The summed E-state index contributed by atoms with van der Waals surface area (Å²) in [6, 6.07) is 10.0. The van der Waals surface area contributed by atoms with Crippen molar-refractivity contribution in [3.05, 3.63) is 57.6 Å². The fourth-order valence-corrected chi connectivity index (χ4v) is 5.57. The lowest BCUT2D eigenvalue weighted by Crippen LogP contribution is -2.53. The van der Waals surface area contributed by atoms with Crippen LogP contribution in [0.4, 0.5) is 0 Å². The van der Waals surface area contributed by atoms with Gasteiger partial charge in [-0.1, -0.05) is 0 Å². The molecule has 2 aliphatic rings. The molecular weight excluding hydrogens is 392 g/mol. The number of rotatable bonds is 5. The SMILES string of the molecule is COc1ccc2[nH]c(CN3[C@@H]4CC[C@H]3CC(O)(Cn3nc(C)ccc3=O)C4)c(C)c2c1. The molecule has 2 N–H and O–H groups in total. The number of ether oxygens (including phenoxy) is 1. The maximum absolute atomic E-state index is 12.2. The van der Waals surface area contributed by atoms with Crippen molar-refractivity contribution in [3.8, 4) is 5.75 Å². The van der Waals surface area contributed by atoms with Crippen LogP contribution in [0.2, 0.25) is 0 Å². The molecule has 5 rings (SSSR count). The van der Waals surface area contributed by atoms with Gasteiger partial charge in [0.05, 0.1) is 24.9 Å². The molecule has 0 spiro atoms. The van der Waals surface area contributed by atoms with Crippen LogP contribution in [0.5, 0.6) is 5.75 Å². The van der Waals surface area contributed by atoms with Gasteiger partial charge in [-0.05, 0) is 69.4 Å². The Morgan fingerprint density at radius 2 is 1.94 bits per heavy atom. The fourth-order valence-electron chi connectivity index (χ4n) is 5.57. The van der Waals surface area contributed by atoms with Crippen molar-refractivity contribution < 1.29 is 9.84 Å². The van der Waals surface area contributed by atoms with Crippen molar-refractivity contribution in [2.24, 2.45) is 0 Å². The molecule has 3 aromatic rings. The molecule has 1 aromatic carbocycles. The van der Waals surface area contributed by atoms with Gasteiger partial charge in [0.1, 0.15) is 5.75 Å². The summed E-state index contributed by atoms with van der Waals surface area (Å²) in [6.45, 7) is 5.13. The molecule has 2 fully saturated rings. The largest absolute Gasteiger partial charge is 0.497 e. The van der Waals surface area contributed by atoms with Crippen molar-refractivity contribution in [1.29, 1.82) is 0 Å². The van der Waals surface area contributed by atoms with Crippen LogP contribution in [0.15, 0.2) is 35.1 Å². The number of nitrogens with zero attached hydrogens (tertiary/aromatic N) is 3. The predicted molar refractivity (Wildman–Crippen MR) is 119 cm³/mol. The zero-order valence-electron chi connectivity index (χ0n) is 18.4. The standard InChI is InChI=1S/C24H30N4O3/c1-15-4-9-23(29)28(26-15)14-24(30)11-17-5-6-18(12-24)27(17)13-22-16(2)20-10-19(31-3)7-8-21(20)25-22/h4,7-10,17-18,25,30H,5-6,11-14H2,1-3H3/t17-,18+,24?. The van der Waals surface area contributed by atoms with E-state index >= 15 is 0 Å². The highest BCUT2D eigenvalue weighted by atomic mass is 16.5. The number of benzene rings is 1. The third kappa shape index (κ3) is 3.66. The Balaban J connectivity index is 1.36. The molecule has 0 aliphatic carbocycles. The van der Waals surface area contributed by atoms with Gasteiger partial charge in [-0.25, -0.2) is 4.68 Å². The second-order valence-corrected chi connectivity index (χ2v) is 9.30. The highest BCUT2D eigenvalue weighted by molar-refractivity contribution is 5.85. The van der Waals surface area contributed by atoms with Crippen LogP contribution in [0.25, 0.3) is 10.9 Å². The van der Waals surface area contributed by atoms with Crippen LogP contribution < -0.4 is 10.3 Å². The van der Waals surface area contributed by atoms with Crippen molar-refractivity contribution in [1.82, 2.24) is 19.7 Å². The minimum absolute atomic E-state index is 0.155. The summed E-state index contributed by atoms with van der Waals surface area (Å²) >= 11 is 0. The number of piperidine rings is 1. The van der Waals surface area contributed by atoms with Crippen molar-refractivity contribution in [2.75, 3.05) is 7.11 Å². The topological polar surface area (TPSA) is 83.4 Å². The van der Waals surface area contributed by atoms with Gasteiger partial charge in [0.15, 0.2) is 0 Å². The minimum Gasteiger partial charge on any atom is -0.497 e. The van der Waals surface area contributed by atoms with Crippen LogP contribution in [0.3, 0.4) is 0 Å². The fraction of sp³-hybridized carbons (Fsp3) is 0.500. The number of H-pyrrole nitrogens is 1. The number of aryl methyl sites for hydroxylation is 2. The molecule has 1 unspecified atom stereocenters. The van der Waals surface area contributed by atoms with Crippen LogP contribution in [0.1, 0.15) is 42.6 Å². The molecule has 164 valence electrons. The number of aliphatic hydroxyl groups is 1. The number of aromatic amines is 1. The number of methoxy groups -OCH3 is 1.